The molecule has 0 saturated heterocycles. The highest BCUT2D eigenvalue weighted by Gasteiger charge is 2.10. The molecule has 1 amide bonds. The van der Waals surface area contributed by atoms with Crippen LogP contribution in [0.25, 0.3) is 0 Å². The predicted octanol–water partition coefficient (Wildman–Crippen LogP) is 5.23. The number of hydrogen-bond acceptors (Lipinski definition) is 1. The minimum Gasteiger partial charge on any atom is -0.322 e. The molecule has 0 unspecified atom stereocenters. The van der Waals surface area contributed by atoms with Crippen molar-refractivity contribution in [2.24, 2.45) is 0 Å². The Hall–Kier alpha value is -0.650. The Morgan fingerprint density at radius 1 is 0.889 bits per heavy atom. The second kappa shape index (κ2) is 5.99. The minimum absolute atomic E-state index is 0.148. The smallest absolute Gasteiger partial charge is 0.256 e. The van der Waals surface area contributed by atoms with E-state index in [1.165, 1.54) is 0 Å². The monoisotopic (exact) mass is 431 g/mol. The first kappa shape index (κ1) is 13.8. The Kier molecular flexibility index (Phi) is 4.59. The van der Waals surface area contributed by atoms with E-state index in [1.54, 1.807) is 6.07 Å². The number of nitrogens with one attached hydrogen (secondary N) is 1. The van der Waals surface area contributed by atoms with Crippen molar-refractivity contribution in [3.8, 4) is 0 Å². The third-order valence-corrected chi connectivity index (χ3v) is 3.99. The summed E-state index contributed by atoms with van der Waals surface area (Å²) in [6.45, 7) is 0. The molecule has 5 heteroatoms. The maximum absolute atomic E-state index is 12.1. The number of amides is 1. The van der Waals surface area contributed by atoms with Gasteiger partial charge < -0.3 is 5.32 Å². The average Bonchev–Trinajstić information content (AvgIpc) is 2.35. The fraction of sp³-hybridized carbons (Fsp3) is 0. The number of carbonyl (C=O) groups is 1. The summed E-state index contributed by atoms with van der Waals surface area (Å²) >= 11 is 10.1. The molecule has 2 nitrogen and oxygen atoms in total. The molecule has 2 aromatic carbocycles. The Morgan fingerprint density at radius 3 is 2.17 bits per heavy atom. The molecule has 1 N–H and O–H groups in total. The zero-order chi connectivity index (χ0) is 13.1. The summed E-state index contributed by atoms with van der Waals surface area (Å²) in [4.78, 5) is 12.1. The van der Waals surface area contributed by atoms with Gasteiger partial charge in [0.05, 0.1) is 5.56 Å². The zero-order valence-electron chi connectivity index (χ0n) is 9.08. The summed E-state index contributed by atoms with van der Waals surface area (Å²) in [7, 11) is 0. The van der Waals surface area contributed by atoms with Crippen LogP contribution in [-0.2, 0) is 0 Å². The molecular weight excluding hydrogens is 426 g/mol. The van der Waals surface area contributed by atoms with Gasteiger partial charge in [-0.3, -0.25) is 4.79 Å². The van der Waals surface area contributed by atoms with Crippen LogP contribution < -0.4 is 5.32 Å². The summed E-state index contributed by atoms with van der Waals surface area (Å²) in [5, 5.41) is 2.84. The molecule has 0 spiro atoms. The molecule has 0 bridgehead atoms. The Balaban J connectivity index is 2.21. The van der Waals surface area contributed by atoms with Gasteiger partial charge in [0.25, 0.3) is 5.91 Å². The van der Waals surface area contributed by atoms with Gasteiger partial charge >= 0.3 is 0 Å². The lowest BCUT2D eigenvalue weighted by atomic mass is 10.2. The first-order chi connectivity index (χ1) is 8.56. The van der Waals surface area contributed by atoms with Gasteiger partial charge in [-0.05, 0) is 58.4 Å². The molecular formula is C13H8Br3NO. The number of rotatable bonds is 2. The van der Waals surface area contributed by atoms with Crippen LogP contribution >= 0.6 is 47.8 Å². The molecule has 0 heterocycles. The lowest BCUT2D eigenvalue weighted by molar-refractivity contribution is 0.102. The third kappa shape index (κ3) is 3.43. The molecule has 0 fully saturated rings. The van der Waals surface area contributed by atoms with Crippen molar-refractivity contribution in [3.63, 3.8) is 0 Å². The van der Waals surface area contributed by atoms with Crippen LogP contribution in [0.5, 0.6) is 0 Å². The lowest BCUT2D eigenvalue weighted by Crippen LogP contribution is -2.12. The van der Waals surface area contributed by atoms with Crippen LogP contribution in [0.4, 0.5) is 5.69 Å². The fourth-order valence-electron chi connectivity index (χ4n) is 1.40. The van der Waals surface area contributed by atoms with Gasteiger partial charge in [-0.15, -0.1) is 0 Å². The van der Waals surface area contributed by atoms with E-state index in [-0.39, 0.29) is 5.91 Å². The Bertz CT molecular complexity index is 581. The lowest BCUT2D eigenvalue weighted by Gasteiger charge is -2.07. The molecule has 0 saturated carbocycles. The van der Waals surface area contributed by atoms with Gasteiger partial charge in [0.2, 0.25) is 0 Å². The molecule has 2 rings (SSSR count). The zero-order valence-corrected chi connectivity index (χ0v) is 13.8. The topological polar surface area (TPSA) is 29.1 Å². The van der Waals surface area contributed by atoms with Crippen molar-refractivity contribution < 1.29 is 4.79 Å². The van der Waals surface area contributed by atoms with Crippen molar-refractivity contribution in [1.82, 2.24) is 0 Å². The average molecular weight is 434 g/mol. The third-order valence-electron chi connectivity index (χ3n) is 2.28. The van der Waals surface area contributed by atoms with Gasteiger partial charge in [0.1, 0.15) is 0 Å². The van der Waals surface area contributed by atoms with E-state index in [9.17, 15) is 4.79 Å². The van der Waals surface area contributed by atoms with E-state index in [4.69, 9.17) is 0 Å². The number of hydrogen-bond donors (Lipinski definition) is 1. The Labute approximate surface area is 130 Å². The van der Waals surface area contributed by atoms with E-state index in [0.29, 0.717) is 5.56 Å². The van der Waals surface area contributed by atoms with Gasteiger partial charge in [0.15, 0.2) is 0 Å². The number of carbonyl (C=O) groups excluding carboxylic acids is 1. The van der Waals surface area contributed by atoms with Crippen molar-refractivity contribution in [1.29, 1.82) is 0 Å². The number of anilines is 1. The molecule has 92 valence electrons. The van der Waals surface area contributed by atoms with Gasteiger partial charge in [-0.25, -0.2) is 0 Å². The SMILES string of the molecule is O=C(Nc1ccc(Br)cc1)c1cc(Br)ccc1Br. The second-order valence-electron chi connectivity index (χ2n) is 3.59. The van der Waals surface area contributed by atoms with Gasteiger partial charge in [-0.2, -0.15) is 0 Å². The van der Waals surface area contributed by atoms with Crippen molar-refractivity contribution in [3.05, 3.63) is 61.4 Å². The van der Waals surface area contributed by atoms with E-state index in [1.807, 2.05) is 36.4 Å². The fourth-order valence-corrected chi connectivity index (χ4v) is 2.46. The molecule has 0 aliphatic heterocycles. The standard InChI is InChI=1S/C13H8Br3NO/c14-8-1-4-10(5-2-8)17-13(18)11-7-9(15)3-6-12(11)16/h1-7H,(H,17,18). The first-order valence-electron chi connectivity index (χ1n) is 5.08. The highest BCUT2D eigenvalue weighted by atomic mass is 79.9. The molecule has 18 heavy (non-hydrogen) atoms. The summed E-state index contributed by atoms with van der Waals surface area (Å²) < 4.78 is 2.61. The second-order valence-corrected chi connectivity index (χ2v) is 6.27. The van der Waals surface area contributed by atoms with Crippen LogP contribution in [0, 0.1) is 0 Å². The van der Waals surface area contributed by atoms with Crippen LogP contribution in [0.1, 0.15) is 10.4 Å². The number of benzene rings is 2. The molecule has 0 atom stereocenters. The van der Waals surface area contributed by atoms with Crippen LogP contribution in [-0.4, -0.2) is 5.91 Å². The van der Waals surface area contributed by atoms with E-state index in [0.717, 1.165) is 19.1 Å². The summed E-state index contributed by atoms with van der Waals surface area (Å²) in [6.07, 6.45) is 0. The van der Waals surface area contributed by atoms with Crippen LogP contribution in [0.2, 0.25) is 0 Å². The van der Waals surface area contributed by atoms with Crippen molar-refractivity contribution in [2.75, 3.05) is 5.32 Å². The maximum atomic E-state index is 12.1. The molecule has 2 aromatic rings. The van der Waals surface area contributed by atoms with E-state index in [2.05, 4.69) is 53.1 Å². The van der Waals surface area contributed by atoms with Gasteiger partial charge in [-0.1, -0.05) is 31.9 Å². The molecule has 0 radical (unpaired) electrons. The first-order valence-corrected chi connectivity index (χ1v) is 7.46. The summed E-state index contributed by atoms with van der Waals surface area (Å²) in [5.74, 6) is -0.148. The van der Waals surface area contributed by atoms with Crippen molar-refractivity contribution in [2.45, 2.75) is 0 Å². The highest BCUT2D eigenvalue weighted by Crippen LogP contribution is 2.23. The maximum Gasteiger partial charge on any atom is 0.256 e. The largest absolute Gasteiger partial charge is 0.322 e. The predicted molar refractivity (Wildman–Crippen MR) is 83.9 cm³/mol. The Morgan fingerprint density at radius 2 is 1.50 bits per heavy atom. The van der Waals surface area contributed by atoms with E-state index >= 15 is 0 Å². The molecule has 0 aromatic heterocycles. The summed E-state index contributed by atoms with van der Waals surface area (Å²) in [6, 6.07) is 12.9. The van der Waals surface area contributed by atoms with Gasteiger partial charge in [0, 0.05) is 19.1 Å². The quantitative estimate of drug-likeness (QED) is 0.690. The normalized spacial score (nSPS) is 10.2. The minimum atomic E-state index is -0.148. The molecule has 0 aliphatic carbocycles. The van der Waals surface area contributed by atoms with E-state index < -0.39 is 0 Å². The van der Waals surface area contributed by atoms with Crippen LogP contribution in [0.3, 0.4) is 0 Å². The highest BCUT2D eigenvalue weighted by molar-refractivity contribution is 9.11. The van der Waals surface area contributed by atoms with Crippen molar-refractivity contribution >= 4 is 59.4 Å². The number of halogens is 3. The summed E-state index contributed by atoms with van der Waals surface area (Å²) in [5.41, 5.74) is 1.35. The molecule has 0 aliphatic rings. The van der Waals surface area contributed by atoms with Crippen LogP contribution in [0.15, 0.2) is 55.9 Å².